The fourth-order valence-corrected chi connectivity index (χ4v) is 3.19. The largest absolute Gasteiger partial charge is 0.361 e. The second-order valence-corrected chi connectivity index (χ2v) is 5.23. The number of rotatable bonds is 1. The molecule has 3 rings (SSSR count). The number of fused-ring (bicyclic) bond motifs is 1. The predicted molar refractivity (Wildman–Crippen MR) is 69.0 cm³/mol. The number of hydrogen-bond acceptors (Lipinski definition) is 0. The van der Waals surface area contributed by atoms with E-state index in [1.165, 1.54) is 47.7 Å². The van der Waals surface area contributed by atoms with Gasteiger partial charge in [0.2, 0.25) is 0 Å². The average molecular weight is 213 g/mol. The lowest BCUT2D eigenvalue weighted by molar-refractivity contribution is 0.729. The van der Waals surface area contributed by atoms with Crippen LogP contribution in [-0.2, 0) is 0 Å². The van der Waals surface area contributed by atoms with Crippen LogP contribution in [0.1, 0.15) is 48.3 Å². The molecule has 1 aliphatic carbocycles. The molecule has 1 heteroatoms. The minimum absolute atomic E-state index is 0.801. The monoisotopic (exact) mass is 213 g/mol. The Balaban J connectivity index is 2.18. The number of H-pyrrole nitrogens is 1. The number of aryl methyl sites for hydroxylation is 2. The van der Waals surface area contributed by atoms with Crippen LogP contribution in [0.15, 0.2) is 18.3 Å². The summed E-state index contributed by atoms with van der Waals surface area (Å²) in [4.78, 5) is 3.46. The van der Waals surface area contributed by atoms with Gasteiger partial charge in [0.05, 0.1) is 0 Å². The molecule has 16 heavy (non-hydrogen) atoms. The van der Waals surface area contributed by atoms with E-state index in [9.17, 15) is 0 Å². The fourth-order valence-electron chi connectivity index (χ4n) is 3.19. The maximum absolute atomic E-state index is 3.46. The van der Waals surface area contributed by atoms with Crippen LogP contribution < -0.4 is 0 Å². The van der Waals surface area contributed by atoms with Crippen molar-refractivity contribution in [3.05, 3.63) is 35.0 Å². The zero-order chi connectivity index (χ0) is 11.1. The maximum Gasteiger partial charge on any atom is 0.0486 e. The van der Waals surface area contributed by atoms with Crippen molar-refractivity contribution in [1.82, 2.24) is 4.98 Å². The molecule has 0 amide bonds. The summed E-state index contributed by atoms with van der Waals surface area (Å²) in [6.45, 7) is 4.39. The zero-order valence-corrected chi connectivity index (χ0v) is 10.1. The van der Waals surface area contributed by atoms with Crippen LogP contribution in [0, 0.1) is 13.8 Å². The summed E-state index contributed by atoms with van der Waals surface area (Å²) in [7, 11) is 0. The Morgan fingerprint density at radius 2 is 1.88 bits per heavy atom. The van der Waals surface area contributed by atoms with Crippen LogP contribution in [0.5, 0.6) is 0 Å². The van der Waals surface area contributed by atoms with Gasteiger partial charge in [0.1, 0.15) is 0 Å². The van der Waals surface area contributed by atoms with Crippen molar-refractivity contribution in [3.63, 3.8) is 0 Å². The standard InChI is InChI=1S/C15H19N/c1-10-7-11(2)15-13(8-10)14(9-16-15)12-5-3-4-6-12/h7-9,12,16H,3-6H2,1-2H3. The second-order valence-electron chi connectivity index (χ2n) is 5.23. The van der Waals surface area contributed by atoms with E-state index in [1.54, 1.807) is 5.56 Å². The van der Waals surface area contributed by atoms with Crippen LogP contribution >= 0.6 is 0 Å². The third kappa shape index (κ3) is 1.46. The molecule has 2 aromatic rings. The molecule has 1 N–H and O–H groups in total. The highest BCUT2D eigenvalue weighted by Gasteiger charge is 2.20. The lowest BCUT2D eigenvalue weighted by Crippen LogP contribution is -1.90. The number of nitrogens with one attached hydrogen (secondary N) is 1. The Bertz CT molecular complexity index is 515. The number of benzene rings is 1. The summed E-state index contributed by atoms with van der Waals surface area (Å²) in [6, 6.07) is 4.60. The third-order valence-electron chi connectivity index (χ3n) is 3.96. The van der Waals surface area contributed by atoms with Crippen molar-refractivity contribution in [2.45, 2.75) is 45.4 Å². The third-order valence-corrected chi connectivity index (χ3v) is 3.96. The van der Waals surface area contributed by atoms with Crippen molar-refractivity contribution >= 4 is 10.9 Å². The predicted octanol–water partition coefficient (Wildman–Crippen LogP) is 4.44. The van der Waals surface area contributed by atoms with E-state index >= 15 is 0 Å². The summed E-state index contributed by atoms with van der Waals surface area (Å²) in [5, 5.41) is 1.46. The topological polar surface area (TPSA) is 15.8 Å². The summed E-state index contributed by atoms with van der Waals surface area (Å²) in [6.07, 6.45) is 7.80. The first kappa shape index (κ1) is 9.95. The molecule has 1 heterocycles. The normalized spacial score (nSPS) is 17.4. The van der Waals surface area contributed by atoms with E-state index < -0.39 is 0 Å². The Hall–Kier alpha value is -1.24. The van der Waals surface area contributed by atoms with Gasteiger partial charge in [-0.05, 0) is 49.8 Å². The first-order valence-corrected chi connectivity index (χ1v) is 6.34. The summed E-state index contributed by atoms with van der Waals surface area (Å²) in [5.74, 6) is 0.801. The molecule has 1 aromatic heterocycles. The van der Waals surface area contributed by atoms with E-state index in [0.717, 1.165) is 5.92 Å². The number of hydrogen-bond donors (Lipinski definition) is 1. The van der Waals surface area contributed by atoms with Crippen LogP contribution in [0.3, 0.4) is 0 Å². The summed E-state index contributed by atoms with van der Waals surface area (Å²) < 4.78 is 0. The first-order chi connectivity index (χ1) is 7.75. The maximum atomic E-state index is 3.46. The lowest BCUT2D eigenvalue weighted by Gasteiger charge is -2.08. The van der Waals surface area contributed by atoms with E-state index in [1.807, 2.05) is 0 Å². The molecule has 84 valence electrons. The fraction of sp³-hybridized carbons (Fsp3) is 0.467. The summed E-state index contributed by atoms with van der Waals surface area (Å²) in [5.41, 5.74) is 5.65. The molecular formula is C15H19N. The zero-order valence-electron chi connectivity index (χ0n) is 10.1. The Labute approximate surface area is 96.9 Å². The van der Waals surface area contributed by atoms with Crippen LogP contribution in [0.25, 0.3) is 10.9 Å². The van der Waals surface area contributed by atoms with E-state index in [0.29, 0.717) is 0 Å². The first-order valence-electron chi connectivity index (χ1n) is 6.34. The molecule has 1 aliphatic rings. The van der Waals surface area contributed by atoms with Gasteiger partial charge in [-0.3, -0.25) is 0 Å². The molecule has 0 unspecified atom stereocenters. The molecule has 0 aliphatic heterocycles. The van der Waals surface area contributed by atoms with Gasteiger partial charge in [0.25, 0.3) is 0 Å². The molecule has 0 saturated heterocycles. The van der Waals surface area contributed by atoms with Crippen LogP contribution in [-0.4, -0.2) is 4.98 Å². The molecular weight excluding hydrogens is 194 g/mol. The Morgan fingerprint density at radius 1 is 1.12 bits per heavy atom. The highest BCUT2D eigenvalue weighted by Crippen LogP contribution is 2.38. The van der Waals surface area contributed by atoms with Crippen molar-refractivity contribution in [3.8, 4) is 0 Å². The molecule has 1 aromatic carbocycles. The quantitative estimate of drug-likeness (QED) is 0.720. The molecule has 0 spiro atoms. The highest BCUT2D eigenvalue weighted by atomic mass is 14.7. The minimum atomic E-state index is 0.801. The van der Waals surface area contributed by atoms with Crippen molar-refractivity contribution < 1.29 is 0 Å². The van der Waals surface area contributed by atoms with Gasteiger partial charge < -0.3 is 4.98 Å². The Kier molecular flexibility index (Phi) is 2.27. The van der Waals surface area contributed by atoms with Gasteiger partial charge in [0, 0.05) is 17.1 Å². The van der Waals surface area contributed by atoms with E-state index in [2.05, 4.69) is 37.2 Å². The number of aromatic amines is 1. The molecule has 0 atom stereocenters. The molecule has 1 saturated carbocycles. The molecule has 1 fully saturated rings. The van der Waals surface area contributed by atoms with Crippen molar-refractivity contribution in [1.29, 1.82) is 0 Å². The van der Waals surface area contributed by atoms with E-state index in [-0.39, 0.29) is 0 Å². The average Bonchev–Trinajstić information content (AvgIpc) is 2.83. The molecule has 1 nitrogen and oxygen atoms in total. The second kappa shape index (κ2) is 3.65. The van der Waals surface area contributed by atoms with Crippen LogP contribution in [0.4, 0.5) is 0 Å². The SMILES string of the molecule is Cc1cc(C)c2[nH]cc(C3CCCC3)c2c1. The number of aromatic nitrogens is 1. The molecule has 0 bridgehead atoms. The van der Waals surface area contributed by atoms with Gasteiger partial charge in [-0.15, -0.1) is 0 Å². The van der Waals surface area contributed by atoms with Crippen molar-refractivity contribution in [2.24, 2.45) is 0 Å². The van der Waals surface area contributed by atoms with Crippen LogP contribution in [0.2, 0.25) is 0 Å². The smallest absolute Gasteiger partial charge is 0.0486 e. The highest BCUT2D eigenvalue weighted by molar-refractivity contribution is 5.87. The Morgan fingerprint density at radius 3 is 2.62 bits per heavy atom. The summed E-state index contributed by atoms with van der Waals surface area (Å²) >= 11 is 0. The van der Waals surface area contributed by atoms with Gasteiger partial charge >= 0.3 is 0 Å². The minimum Gasteiger partial charge on any atom is -0.361 e. The van der Waals surface area contributed by atoms with Gasteiger partial charge in [-0.1, -0.05) is 24.5 Å². The van der Waals surface area contributed by atoms with Gasteiger partial charge in [-0.2, -0.15) is 0 Å². The van der Waals surface area contributed by atoms with Gasteiger partial charge in [-0.25, -0.2) is 0 Å². The molecule has 0 radical (unpaired) electrons. The lowest BCUT2D eigenvalue weighted by atomic mass is 9.95. The van der Waals surface area contributed by atoms with Gasteiger partial charge in [0.15, 0.2) is 0 Å². The van der Waals surface area contributed by atoms with Crippen molar-refractivity contribution in [2.75, 3.05) is 0 Å². The van der Waals surface area contributed by atoms with E-state index in [4.69, 9.17) is 0 Å².